The van der Waals surface area contributed by atoms with E-state index in [1.807, 2.05) is 50.2 Å². The van der Waals surface area contributed by atoms with Crippen molar-refractivity contribution in [1.82, 2.24) is 0 Å². The van der Waals surface area contributed by atoms with E-state index in [1.54, 1.807) is 6.07 Å². The van der Waals surface area contributed by atoms with Crippen molar-refractivity contribution in [3.63, 3.8) is 0 Å². The Morgan fingerprint density at radius 3 is 2.33 bits per heavy atom. The van der Waals surface area contributed by atoms with Crippen molar-refractivity contribution in [3.05, 3.63) is 64.2 Å². The Hall–Kier alpha value is -1.80. The van der Waals surface area contributed by atoms with E-state index in [0.29, 0.717) is 10.6 Å². The summed E-state index contributed by atoms with van der Waals surface area (Å²) >= 11 is 5.88. The number of rotatable bonds is 2. The van der Waals surface area contributed by atoms with E-state index < -0.39 is 0 Å². The maximum absolute atomic E-state index is 12.0. The number of amides is 1. The number of carbonyl (C=O) groups excluding carboxylic acids is 1. The normalized spacial score (nSPS) is 10.2. The Kier molecular flexibility index (Phi) is 3.68. The number of hydrogen-bond donors (Lipinski definition) is 1. The summed E-state index contributed by atoms with van der Waals surface area (Å²) in [6.07, 6.45) is 0. The predicted octanol–water partition coefficient (Wildman–Crippen LogP) is 4.21. The zero-order valence-corrected chi connectivity index (χ0v) is 11.1. The van der Waals surface area contributed by atoms with Gasteiger partial charge in [0.25, 0.3) is 5.91 Å². The third-order valence-corrected chi connectivity index (χ3v) is 2.99. The van der Waals surface area contributed by atoms with Crippen LogP contribution in [0.15, 0.2) is 42.5 Å². The van der Waals surface area contributed by atoms with Crippen LogP contribution >= 0.6 is 11.6 Å². The van der Waals surface area contributed by atoms with Crippen LogP contribution in [0.25, 0.3) is 0 Å². The molecule has 0 spiro atoms. The van der Waals surface area contributed by atoms with Crippen LogP contribution in [0.3, 0.4) is 0 Å². The van der Waals surface area contributed by atoms with Gasteiger partial charge >= 0.3 is 0 Å². The zero-order valence-electron chi connectivity index (χ0n) is 10.3. The van der Waals surface area contributed by atoms with Crippen LogP contribution in [0, 0.1) is 13.8 Å². The van der Waals surface area contributed by atoms with Gasteiger partial charge in [-0.2, -0.15) is 0 Å². The van der Waals surface area contributed by atoms with E-state index in [9.17, 15) is 4.79 Å². The molecule has 0 aliphatic rings. The van der Waals surface area contributed by atoms with Crippen molar-refractivity contribution >= 4 is 23.2 Å². The SMILES string of the molecule is Cc1ccc(C(=O)Nc2ccc(Cl)cc2C)cc1. The molecule has 0 unspecified atom stereocenters. The van der Waals surface area contributed by atoms with Gasteiger partial charge in [-0.05, 0) is 49.7 Å². The van der Waals surface area contributed by atoms with Crippen LogP contribution in [0.1, 0.15) is 21.5 Å². The summed E-state index contributed by atoms with van der Waals surface area (Å²) in [5.41, 5.74) is 3.51. The average molecular weight is 260 g/mol. The van der Waals surface area contributed by atoms with Crippen LogP contribution < -0.4 is 5.32 Å². The van der Waals surface area contributed by atoms with Crippen molar-refractivity contribution in [2.75, 3.05) is 5.32 Å². The van der Waals surface area contributed by atoms with Gasteiger partial charge in [0, 0.05) is 16.3 Å². The van der Waals surface area contributed by atoms with Gasteiger partial charge in [0.15, 0.2) is 0 Å². The molecular weight excluding hydrogens is 246 g/mol. The van der Waals surface area contributed by atoms with Gasteiger partial charge in [0.2, 0.25) is 0 Å². The molecule has 0 saturated heterocycles. The number of hydrogen-bond acceptors (Lipinski definition) is 1. The highest BCUT2D eigenvalue weighted by atomic mass is 35.5. The second-order valence-corrected chi connectivity index (χ2v) is 4.72. The quantitative estimate of drug-likeness (QED) is 0.860. The lowest BCUT2D eigenvalue weighted by Crippen LogP contribution is -2.12. The highest BCUT2D eigenvalue weighted by molar-refractivity contribution is 6.30. The summed E-state index contributed by atoms with van der Waals surface area (Å²) in [5, 5.41) is 3.54. The highest BCUT2D eigenvalue weighted by Crippen LogP contribution is 2.20. The van der Waals surface area contributed by atoms with Crippen molar-refractivity contribution in [1.29, 1.82) is 0 Å². The Labute approximate surface area is 112 Å². The number of halogens is 1. The first-order valence-corrected chi connectivity index (χ1v) is 6.08. The van der Waals surface area contributed by atoms with Gasteiger partial charge < -0.3 is 5.32 Å². The molecule has 2 aromatic rings. The molecule has 0 saturated carbocycles. The monoisotopic (exact) mass is 259 g/mol. The fourth-order valence-corrected chi connectivity index (χ4v) is 1.89. The second-order valence-electron chi connectivity index (χ2n) is 4.28. The van der Waals surface area contributed by atoms with E-state index in [0.717, 1.165) is 16.8 Å². The lowest BCUT2D eigenvalue weighted by atomic mass is 10.1. The van der Waals surface area contributed by atoms with E-state index >= 15 is 0 Å². The molecule has 0 aliphatic heterocycles. The number of nitrogens with one attached hydrogen (secondary N) is 1. The first-order valence-electron chi connectivity index (χ1n) is 5.70. The van der Waals surface area contributed by atoms with Crippen molar-refractivity contribution in [3.8, 4) is 0 Å². The highest BCUT2D eigenvalue weighted by Gasteiger charge is 2.07. The molecule has 18 heavy (non-hydrogen) atoms. The molecule has 1 N–H and O–H groups in total. The molecule has 2 nitrogen and oxygen atoms in total. The molecule has 2 aromatic carbocycles. The van der Waals surface area contributed by atoms with Crippen LogP contribution in [-0.4, -0.2) is 5.91 Å². The summed E-state index contributed by atoms with van der Waals surface area (Å²) in [6.45, 7) is 3.90. The minimum Gasteiger partial charge on any atom is -0.322 e. The molecular formula is C15H14ClNO. The summed E-state index contributed by atoms with van der Waals surface area (Å²) in [4.78, 5) is 12.0. The maximum atomic E-state index is 12.0. The third kappa shape index (κ3) is 2.90. The first kappa shape index (κ1) is 12.7. The minimum absolute atomic E-state index is 0.111. The molecule has 0 radical (unpaired) electrons. The fourth-order valence-electron chi connectivity index (χ4n) is 1.67. The average Bonchev–Trinajstić information content (AvgIpc) is 2.33. The summed E-state index contributed by atoms with van der Waals surface area (Å²) in [7, 11) is 0. The van der Waals surface area contributed by atoms with E-state index in [2.05, 4.69) is 5.32 Å². The second kappa shape index (κ2) is 5.23. The topological polar surface area (TPSA) is 29.1 Å². The number of anilines is 1. The smallest absolute Gasteiger partial charge is 0.255 e. The Balaban J connectivity index is 2.18. The Morgan fingerprint density at radius 1 is 1.06 bits per heavy atom. The molecule has 2 rings (SSSR count). The molecule has 92 valence electrons. The van der Waals surface area contributed by atoms with Crippen molar-refractivity contribution < 1.29 is 4.79 Å². The minimum atomic E-state index is -0.111. The molecule has 3 heteroatoms. The molecule has 0 bridgehead atoms. The Bertz CT molecular complexity index is 576. The van der Waals surface area contributed by atoms with Crippen LogP contribution in [0.4, 0.5) is 5.69 Å². The maximum Gasteiger partial charge on any atom is 0.255 e. The van der Waals surface area contributed by atoms with Crippen LogP contribution in [0.5, 0.6) is 0 Å². The van der Waals surface area contributed by atoms with Crippen molar-refractivity contribution in [2.45, 2.75) is 13.8 Å². The molecule has 0 atom stereocenters. The van der Waals surface area contributed by atoms with Gasteiger partial charge in [-0.25, -0.2) is 0 Å². The van der Waals surface area contributed by atoms with E-state index in [4.69, 9.17) is 11.6 Å². The summed E-state index contributed by atoms with van der Waals surface area (Å²) < 4.78 is 0. The number of carbonyl (C=O) groups is 1. The molecule has 0 aromatic heterocycles. The van der Waals surface area contributed by atoms with Gasteiger partial charge in [0.1, 0.15) is 0 Å². The predicted molar refractivity (Wildman–Crippen MR) is 75.3 cm³/mol. The zero-order chi connectivity index (χ0) is 13.1. The van der Waals surface area contributed by atoms with Gasteiger partial charge in [0.05, 0.1) is 0 Å². The summed E-state index contributed by atoms with van der Waals surface area (Å²) in [5.74, 6) is -0.111. The number of aryl methyl sites for hydroxylation is 2. The molecule has 0 heterocycles. The van der Waals surface area contributed by atoms with Crippen LogP contribution in [-0.2, 0) is 0 Å². The fraction of sp³-hybridized carbons (Fsp3) is 0.133. The third-order valence-electron chi connectivity index (χ3n) is 2.75. The summed E-state index contributed by atoms with van der Waals surface area (Å²) in [6, 6.07) is 12.9. The van der Waals surface area contributed by atoms with Crippen LogP contribution in [0.2, 0.25) is 5.02 Å². The Morgan fingerprint density at radius 2 is 1.72 bits per heavy atom. The molecule has 0 aliphatic carbocycles. The lowest BCUT2D eigenvalue weighted by Gasteiger charge is -2.08. The van der Waals surface area contributed by atoms with Gasteiger partial charge in [-0.15, -0.1) is 0 Å². The standard InChI is InChI=1S/C15H14ClNO/c1-10-3-5-12(6-4-10)15(18)17-14-8-7-13(16)9-11(14)2/h3-9H,1-2H3,(H,17,18). The first-order chi connectivity index (χ1) is 8.56. The largest absolute Gasteiger partial charge is 0.322 e. The van der Waals surface area contributed by atoms with E-state index in [-0.39, 0.29) is 5.91 Å². The van der Waals surface area contributed by atoms with Crippen molar-refractivity contribution in [2.24, 2.45) is 0 Å². The number of benzene rings is 2. The molecule has 1 amide bonds. The van der Waals surface area contributed by atoms with Gasteiger partial charge in [-0.1, -0.05) is 29.3 Å². The van der Waals surface area contributed by atoms with E-state index in [1.165, 1.54) is 0 Å². The van der Waals surface area contributed by atoms with Gasteiger partial charge in [-0.3, -0.25) is 4.79 Å². The molecule has 0 fully saturated rings. The lowest BCUT2D eigenvalue weighted by molar-refractivity contribution is 0.102.